The Kier molecular flexibility index (Phi) is 9.03. The number of rotatable bonds is 5. The monoisotopic (exact) mass is 529 g/mol. The lowest BCUT2D eigenvalue weighted by atomic mass is 10.0. The number of aromatic nitrogens is 1. The van der Waals surface area contributed by atoms with Crippen LogP contribution in [0.3, 0.4) is 0 Å². The van der Waals surface area contributed by atoms with Crippen LogP contribution in [0.1, 0.15) is 28.8 Å². The van der Waals surface area contributed by atoms with Crippen molar-refractivity contribution in [2.75, 3.05) is 51.3 Å². The standard InChI is InChI=1S/C30H35N5O4/c36-28(32-24-12-15-34(16-13-24)21-23-7-2-1-3-8-23)22-35-17-18-38-19-20-39-27-11-5-4-10-26(27)33-29-25(30(35)37)9-6-14-31-29/h1-11,14,24H,12-13,15-22H2,(H,31,33)(H,32,36). The third-order valence-corrected chi connectivity index (χ3v) is 6.99. The molecule has 0 aliphatic carbocycles. The summed E-state index contributed by atoms with van der Waals surface area (Å²) in [7, 11) is 0. The molecular weight excluding hydrogens is 494 g/mol. The van der Waals surface area contributed by atoms with Crippen molar-refractivity contribution in [3.8, 4) is 5.75 Å². The smallest absolute Gasteiger partial charge is 0.258 e. The van der Waals surface area contributed by atoms with Gasteiger partial charge in [-0.1, -0.05) is 42.5 Å². The van der Waals surface area contributed by atoms with Gasteiger partial charge in [-0.15, -0.1) is 0 Å². The zero-order valence-electron chi connectivity index (χ0n) is 22.1. The van der Waals surface area contributed by atoms with Crippen molar-refractivity contribution >= 4 is 23.3 Å². The predicted octanol–water partition coefficient (Wildman–Crippen LogP) is 3.46. The fourth-order valence-electron chi connectivity index (χ4n) is 4.93. The number of hydrogen-bond donors (Lipinski definition) is 2. The molecule has 2 aromatic carbocycles. The number of hydrogen-bond acceptors (Lipinski definition) is 7. The third-order valence-electron chi connectivity index (χ3n) is 6.99. The first-order valence-corrected chi connectivity index (χ1v) is 13.5. The van der Waals surface area contributed by atoms with Crippen LogP contribution in [0.15, 0.2) is 72.9 Å². The Morgan fingerprint density at radius 1 is 0.949 bits per heavy atom. The minimum Gasteiger partial charge on any atom is -0.489 e. The van der Waals surface area contributed by atoms with Gasteiger partial charge in [0, 0.05) is 38.4 Å². The maximum atomic E-state index is 13.7. The molecular formula is C30H35N5O4. The molecule has 0 bridgehead atoms. The van der Waals surface area contributed by atoms with E-state index in [0.717, 1.165) is 32.5 Å². The molecule has 39 heavy (non-hydrogen) atoms. The predicted molar refractivity (Wildman–Crippen MR) is 149 cm³/mol. The maximum Gasteiger partial charge on any atom is 0.258 e. The van der Waals surface area contributed by atoms with Gasteiger partial charge in [-0.3, -0.25) is 14.5 Å². The molecule has 2 N–H and O–H groups in total. The molecule has 2 aliphatic rings. The van der Waals surface area contributed by atoms with Crippen LogP contribution in [0, 0.1) is 0 Å². The van der Waals surface area contributed by atoms with Gasteiger partial charge in [-0.2, -0.15) is 0 Å². The number of para-hydroxylation sites is 2. The molecule has 1 aromatic heterocycles. The first-order valence-electron chi connectivity index (χ1n) is 13.5. The molecule has 9 heteroatoms. The van der Waals surface area contributed by atoms with E-state index in [2.05, 4.69) is 44.8 Å². The second-order valence-corrected chi connectivity index (χ2v) is 9.81. The molecule has 0 atom stereocenters. The van der Waals surface area contributed by atoms with Crippen LogP contribution >= 0.6 is 0 Å². The number of carbonyl (C=O) groups is 2. The highest BCUT2D eigenvalue weighted by Gasteiger charge is 2.25. The van der Waals surface area contributed by atoms with E-state index in [1.165, 1.54) is 10.5 Å². The van der Waals surface area contributed by atoms with Crippen molar-refractivity contribution in [3.63, 3.8) is 0 Å². The number of piperidine rings is 1. The number of nitrogens with zero attached hydrogens (tertiary/aromatic N) is 3. The van der Waals surface area contributed by atoms with Crippen molar-refractivity contribution in [3.05, 3.63) is 84.1 Å². The van der Waals surface area contributed by atoms with Crippen molar-refractivity contribution in [1.82, 2.24) is 20.1 Å². The molecule has 9 nitrogen and oxygen atoms in total. The molecule has 5 rings (SSSR count). The summed E-state index contributed by atoms with van der Waals surface area (Å²) in [6, 6.07) is 21.5. The molecule has 2 amide bonds. The van der Waals surface area contributed by atoms with E-state index >= 15 is 0 Å². The Hall–Kier alpha value is -3.95. The van der Waals surface area contributed by atoms with Crippen molar-refractivity contribution < 1.29 is 19.1 Å². The van der Waals surface area contributed by atoms with Gasteiger partial charge in [0.25, 0.3) is 5.91 Å². The average molecular weight is 530 g/mol. The molecule has 0 radical (unpaired) electrons. The van der Waals surface area contributed by atoms with Gasteiger partial charge in [-0.05, 0) is 42.7 Å². The van der Waals surface area contributed by atoms with Gasteiger partial charge in [-0.25, -0.2) is 4.98 Å². The molecule has 2 aliphatic heterocycles. The third kappa shape index (κ3) is 7.34. The van der Waals surface area contributed by atoms with Gasteiger partial charge in [0.2, 0.25) is 5.91 Å². The molecule has 204 valence electrons. The van der Waals surface area contributed by atoms with E-state index in [0.29, 0.717) is 42.6 Å². The second-order valence-electron chi connectivity index (χ2n) is 9.81. The fourth-order valence-corrected chi connectivity index (χ4v) is 4.93. The van der Waals surface area contributed by atoms with Crippen LogP contribution in [-0.4, -0.2) is 78.6 Å². The fraction of sp³-hybridized carbons (Fsp3) is 0.367. The van der Waals surface area contributed by atoms with E-state index in [-0.39, 0.29) is 30.9 Å². The summed E-state index contributed by atoms with van der Waals surface area (Å²) in [6.07, 6.45) is 3.39. The Morgan fingerprint density at radius 3 is 2.59 bits per heavy atom. The minimum atomic E-state index is -0.278. The van der Waals surface area contributed by atoms with Gasteiger partial charge in [0.15, 0.2) is 0 Å². The Labute approximate surface area is 229 Å². The minimum absolute atomic E-state index is 0.0478. The molecule has 0 spiro atoms. The van der Waals surface area contributed by atoms with E-state index in [4.69, 9.17) is 9.47 Å². The van der Waals surface area contributed by atoms with E-state index in [1.54, 1.807) is 18.3 Å². The van der Waals surface area contributed by atoms with Crippen LogP contribution in [0.5, 0.6) is 5.75 Å². The number of carbonyl (C=O) groups excluding carboxylic acids is 2. The van der Waals surface area contributed by atoms with Gasteiger partial charge in [0.05, 0.1) is 31.0 Å². The average Bonchev–Trinajstić information content (AvgIpc) is 2.97. The van der Waals surface area contributed by atoms with Crippen LogP contribution < -0.4 is 15.4 Å². The van der Waals surface area contributed by atoms with Crippen LogP contribution in [0.25, 0.3) is 0 Å². The number of pyridine rings is 1. The van der Waals surface area contributed by atoms with E-state index in [1.807, 2.05) is 30.3 Å². The first kappa shape index (κ1) is 26.6. The molecule has 0 saturated carbocycles. The second kappa shape index (κ2) is 13.2. The highest BCUT2D eigenvalue weighted by molar-refractivity contribution is 6.01. The molecule has 3 heterocycles. The summed E-state index contributed by atoms with van der Waals surface area (Å²) >= 11 is 0. The highest BCUT2D eigenvalue weighted by Crippen LogP contribution is 2.28. The summed E-state index contributed by atoms with van der Waals surface area (Å²) in [5.41, 5.74) is 2.38. The lowest BCUT2D eigenvalue weighted by molar-refractivity contribution is -0.123. The summed E-state index contributed by atoms with van der Waals surface area (Å²) in [5, 5.41) is 6.39. The number of nitrogens with one attached hydrogen (secondary N) is 2. The first-order chi connectivity index (χ1) is 19.2. The summed E-state index contributed by atoms with van der Waals surface area (Å²) in [6.45, 7) is 4.03. The molecule has 1 saturated heterocycles. The zero-order valence-corrected chi connectivity index (χ0v) is 22.1. The Balaban J connectivity index is 1.22. The van der Waals surface area contributed by atoms with Crippen molar-refractivity contribution in [2.45, 2.75) is 25.4 Å². The highest BCUT2D eigenvalue weighted by atomic mass is 16.5. The lowest BCUT2D eigenvalue weighted by Gasteiger charge is -2.33. The lowest BCUT2D eigenvalue weighted by Crippen LogP contribution is -2.48. The van der Waals surface area contributed by atoms with E-state index < -0.39 is 0 Å². The summed E-state index contributed by atoms with van der Waals surface area (Å²) < 4.78 is 11.6. The molecule has 0 unspecified atom stereocenters. The largest absolute Gasteiger partial charge is 0.489 e. The topological polar surface area (TPSA) is 96.0 Å². The SMILES string of the molecule is O=C(CN1CCOCCOc2ccccc2Nc2ncccc2C1=O)NC1CCN(Cc2ccccc2)CC1. The van der Waals surface area contributed by atoms with Crippen LogP contribution in [0.4, 0.5) is 11.5 Å². The van der Waals surface area contributed by atoms with Gasteiger partial charge < -0.3 is 25.0 Å². The quantitative estimate of drug-likeness (QED) is 0.523. The zero-order chi connectivity index (χ0) is 26.9. The number of benzene rings is 2. The normalized spacial score (nSPS) is 17.3. The summed E-state index contributed by atoms with van der Waals surface area (Å²) in [4.78, 5) is 35.1. The Bertz CT molecular complexity index is 1250. The van der Waals surface area contributed by atoms with Gasteiger partial charge in [0.1, 0.15) is 18.2 Å². The number of likely N-dealkylation sites (tertiary alicyclic amines) is 1. The van der Waals surface area contributed by atoms with Crippen molar-refractivity contribution in [2.24, 2.45) is 0 Å². The number of fused-ring (bicyclic) bond motifs is 2. The number of amides is 2. The van der Waals surface area contributed by atoms with Crippen molar-refractivity contribution in [1.29, 1.82) is 0 Å². The molecule has 3 aromatic rings. The number of ether oxygens (including phenoxy) is 2. The van der Waals surface area contributed by atoms with Crippen LogP contribution in [-0.2, 0) is 16.1 Å². The Morgan fingerprint density at radius 2 is 1.74 bits per heavy atom. The summed E-state index contributed by atoms with van der Waals surface area (Å²) in [5.74, 6) is 0.617. The van der Waals surface area contributed by atoms with Gasteiger partial charge >= 0.3 is 0 Å². The maximum absolute atomic E-state index is 13.7. The molecule has 1 fully saturated rings. The van der Waals surface area contributed by atoms with Crippen LogP contribution in [0.2, 0.25) is 0 Å². The van der Waals surface area contributed by atoms with E-state index in [9.17, 15) is 9.59 Å². The number of anilines is 2.